The lowest BCUT2D eigenvalue weighted by Gasteiger charge is -2.35. The van der Waals surface area contributed by atoms with Crippen LogP contribution in [0, 0.1) is 0 Å². The molecule has 0 aliphatic carbocycles. The number of aromatic nitrogens is 4. The van der Waals surface area contributed by atoms with Gasteiger partial charge in [-0.3, -0.25) is 9.48 Å². The van der Waals surface area contributed by atoms with Crippen LogP contribution in [-0.4, -0.2) is 49.4 Å². The van der Waals surface area contributed by atoms with Crippen molar-refractivity contribution in [3.05, 3.63) is 36.4 Å². The van der Waals surface area contributed by atoms with Crippen molar-refractivity contribution in [3.63, 3.8) is 0 Å². The summed E-state index contributed by atoms with van der Waals surface area (Å²) in [6.07, 6.45) is 13.2. The summed E-state index contributed by atoms with van der Waals surface area (Å²) in [7, 11) is 0. The highest BCUT2D eigenvalue weighted by Crippen LogP contribution is 2.22. The first-order chi connectivity index (χ1) is 11.3. The van der Waals surface area contributed by atoms with Crippen molar-refractivity contribution < 1.29 is 4.79 Å². The second kappa shape index (κ2) is 7.59. The third kappa shape index (κ3) is 3.90. The van der Waals surface area contributed by atoms with E-state index in [1.807, 2.05) is 28.1 Å². The molecule has 0 unspecified atom stereocenters. The molecule has 23 heavy (non-hydrogen) atoms. The van der Waals surface area contributed by atoms with Gasteiger partial charge in [-0.2, -0.15) is 5.10 Å². The van der Waals surface area contributed by atoms with E-state index in [1.165, 1.54) is 18.2 Å². The van der Waals surface area contributed by atoms with E-state index in [0.717, 1.165) is 32.4 Å². The number of piperidine rings is 1. The van der Waals surface area contributed by atoms with Gasteiger partial charge >= 0.3 is 0 Å². The Balaban J connectivity index is 1.67. The molecule has 1 saturated heterocycles. The van der Waals surface area contributed by atoms with Crippen molar-refractivity contribution in [1.29, 1.82) is 0 Å². The first-order valence-electron chi connectivity index (χ1n) is 7.92. The van der Waals surface area contributed by atoms with Crippen LogP contribution in [0.5, 0.6) is 0 Å². The number of carbonyl (C=O) groups excluding carboxylic acids is 1. The van der Waals surface area contributed by atoms with Crippen LogP contribution in [0.3, 0.4) is 0 Å². The quantitative estimate of drug-likeness (QED) is 0.622. The fourth-order valence-electron chi connectivity index (χ4n) is 2.98. The standard InChI is InChI=1S/C16H21N5OS/c1-23-16-17-11-13(12-18-16)15(22)21-9-3-2-5-14(21)6-10-20-8-4-7-19-20/h4,7-8,11-12,14H,2-3,5-6,9-10H2,1H3/t14-/m1/s1. The lowest BCUT2D eigenvalue weighted by molar-refractivity contribution is 0.0593. The maximum absolute atomic E-state index is 12.8. The van der Waals surface area contributed by atoms with E-state index in [1.54, 1.807) is 18.6 Å². The Hall–Kier alpha value is -1.89. The molecule has 0 spiro atoms. The molecule has 2 aromatic rings. The molecule has 3 rings (SSSR count). The van der Waals surface area contributed by atoms with Gasteiger partial charge in [0.1, 0.15) is 0 Å². The van der Waals surface area contributed by atoms with Gasteiger partial charge in [0.2, 0.25) is 0 Å². The molecule has 2 aromatic heterocycles. The lowest BCUT2D eigenvalue weighted by atomic mass is 9.98. The van der Waals surface area contributed by atoms with E-state index in [2.05, 4.69) is 15.1 Å². The van der Waals surface area contributed by atoms with Crippen molar-refractivity contribution in [2.24, 2.45) is 0 Å². The topological polar surface area (TPSA) is 63.9 Å². The predicted molar refractivity (Wildman–Crippen MR) is 89.3 cm³/mol. The Morgan fingerprint density at radius 3 is 2.87 bits per heavy atom. The number of aryl methyl sites for hydroxylation is 1. The van der Waals surface area contributed by atoms with Crippen molar-refractivity contribution in [2.75, 3.05) is 12.8 Å². The van der Waals surface area contributed by atoms with Crippen molar-refractivity contribution in [1.82, 2.24) is 24.6 Å². The van der Waals surface area contributed by atoms with Gasteiger partial charge in [0.05, 0.1) is 5.56 Å². The Labute approximate surface area is 140 Å². The van der Waals surface area contributed by atoms with Crippen LogP contribution in [0.2, 0.25) is 0 Å². The number of carbonyl (C=O) groups is 1. The molecule has 1 atom stereocenters. The van der Waals surface area contributed by atoms with E-state index < -0.39 is 0 Å². The fraction of sp³-hybridized carbons (Fsp3) is 0.500. The van der Waals surface area contributed by atoms with Gasteiger partial charge in [-0.25, -0.2) is 9.97 Å². The van der Waals surface area contributed by atoms with Crippen molar-refractivity contribution >= 4 is 17.7 Å². The Bertz CT molecular complexity index is 628. The summed E-state index contributed by atoms with van der Waals surface area (Å²) in [5, 5.41) is 4.93. The molecule has 0 radical (unpaired) electrons. The number of hydrogen-bond acceptors (Lipinski definition) is 5. The van der Waals surface area contributed by atoms with Crippen molar-refractivity contribution in [2.45, 2.75) is 43.4 Å². The van der Waals surface area contributed by atoms with Crippen LogP contribution in [0.4, 0.5) is 0 Å². The Kier molecular flexibility index (Phi) is 5.27. The number of amides is 1. The average Bonchev–Trinajstić information content (AvgIpc) is 3.13. The highest BCUT2D eigenvalue weighted by Gasteiger charge is 2.27. The summed E-state index contributed by atoms with van der Waals surface area (Å²) >= 11 is 1.48. The summed E-state index contributed by atoms with van der Waals surface area (Å²) < 4.78 is 1.92. The van der Waals surface area contributed by atoms with Gasteiger partial charge < -0.3 is 4.90 Å². The minimum atomic E-state index is 0.0443. The maximum atomic E-state index is 12.8. The molecule has 0 bridgehead atoms. The minimum Gasteiger partial charge on any atom is -0.336 e. The summed E-state index contributed by atoms with van der Waals surface area (Å²) in [4.78, 5) is 23.2. The van der Waals surface area contributed by atoms with Crippen LogP contribution >= 0.6 is 11.8 Å². The van der Waals surface area contributed by atoms with Gasteiger partial charge in [-0.15, -0.1) is 0 Å². The second-order valence-electron chi connectivity index (χ2n) is 5.66. The van der Waals surface area contributed by atoms with E-state index in [4.69, 9.17) is 0 Å². The smallest absolute Gasteiger partial charge is 0.257 e. The zero-order valence-electron chi connectivity index (χ0n) is 13.3. The Morgan fingerprint density at radius 2 is 2.17 bits per heavy atom. The third-order valence-electron chi connectivity index (χ3n) is 4.20. The first-order valence-corrected chi connectivity index (χ1v) is 9.15. The average molecular weight is 331 g/mol. The van der Waals surface area contributed by atoms with Crippen LogP contribution in [-0.2, 0) is 6.54 Å². The van der Waals surface area contributed by atoms with Gasteiger partial charge in [-0.1, -0.05) is 11.8 Å². The van der Waals surface area contributed by atoms with Crippen LogP contribution in [0.25, 0.3) is 0 Å². The highest BCUT2D eigenvalue weighted by atomic mass is 32.2. The molecule has 122 valence electrons. The van der Waals surface area contributed by atoms with E-state index >= 15 is 0 Å². The number of thioether (sulfide) groups is 1. The van der Waals surface area contributed by atoms with Gasteiger partial charge in [0, 0.05) is 43.9 Å². The van der Waals surface area contributed by atoms with Crippen LogP contribution in [0.15, 0.2) is 36.0 Å². The van der Waals surface area contributed by atoms with Crippen LogP contribution < -0.4 is 0 Å². The Morgan fingerprint density at radius 1 is 1.35 bits per heavy atom. The molecule has 1 aliphatic heterocycles. The summed E-state index contributed by atoms with van der Waals surface area (Å²) in [6, 6.07) is 2.19. The molecule has 0 aromatic carbocycles. The molecule has 3 heterocycles. The monoisotopic (exact) mass is 331 g/mol. The van der Waals surface area contributed by atoms with Crippen LogP contribution in [0.1, 0.15) is 36.0 Å². The predicted octanol–water partition coefficient (Wildman–Crippen LogP) is 2.48. The van der Waals surface area contributed by atoms with Gasteiger partial charge in [0.25, 0.3) is 5.91 Å². The number of hydrogen-bond donors (Lipinski definition) is 0. The second-order valence-corrected chi connectivity index (χ2v) is 6.44. The lowest BCUT2D eigenvalue weighted by Crippen LogP contribution is -2.44. The molecule has 0 saturated carbocycles. The number of rotatable bonds is 5. The number of likely N-dealkylation sites (tertiary alicyclic amines) is 1. The van der Waals surface area contributed by atoms with Gasteiger partial charge in [-0.05, 0) is 38.0 Å². The zero-order valence-corrected chi connectivity index (χ0v) is 14.1. The maximum Gasteiger partial charge on any atom is 0.257 e. The minimum absolute atomic E-state index is 0.0443. The molecule has 1 amide bonds. The number of nitrogens with zero attached hydrogens (tertiary/aromatic N) is 5. The molecule has 1 aliphatic rings. The van der Waals surface area contributed by atoms with E-state index in [-0.39, 0.29) is 11.9 Å². The molecule has 0 N–H and O–H groups in total. The van der Waals surface area contributed by atoms with E-state index in [9.17, 15) is 4.79 Å². The third-order valence-corrected chi connectivity index (χ3v) is 4.77. The zero-order chi connectivity index (χ0) is 16.1. The van der Waals surface area contributed by atoms with Gasteiger partial charge in [0.15, 0.2) is 5.16 Å². The van der Waals surface area contributed by atoms with E-state index in [0.29, 0.717) is 10.7 Å². The fourth-order valence-corrected chi connectivity index (χ4v) is 3.30. The molecule has 6 nitrogen and oxygen atoms in total. The summed E-state index contributed by atoms with van der Waals surface area (Å²) in [5.74, 6) is 0.0443. The highest BCUT2D eigenvalue weighted by molar-refractivity contribution is 7.98. The molecule has 1 fully saturated rings. The first kappa shape index (κ1) is 16.0. The summed E-state index contributed by atoms with van der Waals surface area (Å²) in [5.41, 5.74) is 0.578. The largest absolute Gasteiger partial charge is 0.336 e. The molecular formula is C16H21N5OS. The molecule has 7 heteroatoms. The molecular weight excluding hydrogens is 310 g/mol. The SMILES string of the molecule is CSc1ncc(C(=O)N2CCCC[C@@H]2CCn2cccn2)cn1. The normalized spacial score (nSPS) is 18.1. The van der Waals surface area contributed by atoms with Crippen molar-refractivity contribution in [3.8, 4) is 0 Å². The summed E-state index contributed by atoms with van der Waals surface area (Å²) in [6.45, 7) is 1.65.